The number of hydrogen-bond acceptors (Lipinski definition) is 5. The molecule has 0 aliphatic heterocycles. The number of hydrogen-bond donors (Lipinski definition) is 2. The highest BCUT2D eigenvalue weighted by Crippen LogP contribution is 2.02. The summed E-state index contributed by atoms with van der Waals surface area (Å²) in [6, 6.07) is 0.0324. The summed E-state index contributed by atoms with van der Waals surface area (Å²) in [6.45, 7) is 1.92. The van der Waals surface area contributed by atoms with Crippen molar-refractivity contribution in [1.29, 1.82) is 10.5 Å². The van der Waals surface area contributed by atoms with Crippen LogP contribution in [0.25, 0.3) is 0 Å². The molecule has 1 aromatic rings. The summed E-state index contributed by atoms with van der Waals surface area (Å²) in [7, 11) is 1.94. The molecule has 6 heteroatoms. The van der Waals surface area contributed by atoms with Crippen LogP contribution in [0.3, 0.4) is 0 Å². The summed E-state index contributed by atoms with van der Waals surface area (Å²) in [5, 5.41) is 16.7. The van der Waals surface area contributed by atoms with Crippen LogP contribution in [-0.2, 0) is 7.05 Å². The van der Waals surface area contributed by atoms with Gasteiger partial charge in [0.2, 0.25) is 0 Å². The van der Waals surface area contributed by atoms with Crippen molar-refractivity contribution in [2.75, 3.05) is 0 Å². The second-order valence-electron chi connectivity index (χ2n) is 2.53. The van der Waals surface area contributed by atoms with Gasteiger partial charge in [0.1, 0.15) is 5.82 Å². The lowest BCUT2D eigenvalue weighted by Crippen LogP contribution is -2.10. The van der Waals surface area contributed by atoms with Gasteiger partial charge in [0.15, 0.2) is 12.4 Å². The minimum Gasteiger partial charge on any atom is -0.337 e. The molecule has 0 amide bonds. The number of rotatable bonds is 1. The van der Waals surface area contributed by atoms with Gasteiger partial charge in [-0.15, -0.1) is 0 Å². The van der Waals surface area contributed by atoms with Gasteiger partial charge in [-0.05, 0) is 6.92 Å². The van der Waals surface area contributed by atoms with Gasteiger partial charge in [-0.1, -0.05) is 0 Å². The fourth-order valence-corrected chi connectivity index (χ4v) is 0.841. The van der Waals surface area contributed by atoms with Gasteiger partial charge in [0.25, 0.3) is 0 Å². The zero-order valence-electron chi connectivity index (χ0n) is 8.10. The second kappa shape index (κ2) is 6.46. The van der Waals surface area contributed by atoms with Crippen molar-refractivity contribution in [3.63, 3.8) is 0 Å². The van der Waals surface area contributed by atoms with Gasteiger partial charge in [0, 0.05) is 19.4 Å². The van der Waals surface area contributed by atoms with Gasteiger partial charge >= 0.3 is 0 Å². The van der Waals surface area contributed by atoms with Crippen molar-refractivity contribution >= 4 is 0 Å². The molecule has 1 unspecified atom stereocenters. The van der Waals surface area contributed by atoms with Crippen molar-refractivity contribution in [1.82, 2.24) is 14.9 Å². The molecule has 0 aromatic carbocycles. The predicted octanol–water partition coefficient (Wildman–Crippen LogP) is -0.0220. The molecule has 0 radical (unpaired) electrons. The summed E-state index contributed by atoms with van der Waals surface area (Å²) in [5.74, 6) is 0.926. The van der Waals surface area contributed by atoms with E-state index in [1.54, 1.807) is 11.5 Å². The first-order valence-electron chi connectivity index (χ1n) is 3.89. The van der Waals surface area contributed by atoms with Gasteiger partial charge < -0.3 is 10.3 Å². The summed E-state index contributed by atoms with van der Waals surface area (Å²) in [6.07, 6.45) is 6.45. The molecular formula is C8H12N6. The Hall–Kier alpha value is -2.05. The van der Waals surface area contributed by atoms with E-state index in [2.05, 4.69) is 4.98 Å². The molecule has 0 spiro atoms. The Morgan fingerprint density at radius 1 is 1.57 bits per heavy atom. The Morgan fingerprint density at radius 2 is 2.14 bits per heavy atom. The molecule has 0 aliphatic rings. The maximum atomic E-state index is 7.48. The maximum absolute atomic E-state index is 7.48. The molecule has 0 aliphatic carbocycles. The maximum Gasteiger partial charge on any atom is 0.190 e. The average molecular weight is 192 g/mol. The van der Waals surface area contributed by atoms with Crippen molar-refractivity contribution in [2.24, 2.45) is 12.8 Å². The molecule has 1 aromatic heterocycles. The molecule has 74 valence electrons. The minimum absolute atomic E-state index is 0.0324. The highest BCUT2D eigenvalue weighted by atomic mass is 15.1. The van der Waals surface area contributed by atoms with Crippen LogP contribution in [0.4, 0.5) is 0 Å². The average Bonchev–Trinajstić information content (AvgIpc) is 2.54. The highest BCUT2D eigenvalue weighted by molar-refractivity contribution is 4.95. The van der Waals surface area contributed by atoms with Crippen LogP contribution in [-0.4, -0.2) is 9.55 Å². The number of nitrogens with one attached hydrogen (secondary N) is 1. The van der Waals surface area contributed by atoms with Crippen LogP contribution in [0, 0.1) is 22.9 Å². The van der Waals surface area contributed by atoms with E-state index in [1.165, 1.54) is 12.4 Å². The fourth-order valence-electron chi connectivity index (χ4n) is 0.841. The number of aryl methyl sites for hydroxylation is 1. The summed E-state index contributed by atoms with van der Waals surface area (Å²) in [4.78, 5) is 4.05. The van der Waals surface area contributed by atoms with Crippen molar-refractivity contribution in [3.05, 3.63) is 18.2 Å². The second-order valence-corrected chi connectivity index (χ2v) is 2.53. The standard InChI is InChI=1S/C6H11N3.C2HN3/c1-5(7)6-8-3-4-9(6)2;3-1-5-2-4/h3-5H,7H2,1-2H3;5H. The number of nitrogens with zero attached hydrogens (tertiary/aromatic N) is 4. The van der Waals surface area contributed by atoms with Gasteiger partial charge in [-0.2, -0.15) is 10.5 Å². The van der Waals surface area contributed by atoms with Gasteiger partial charge in [-0.3, -0.25) is 0 Å². The number of nitriles is 2. The third-order valence-electron chi connectivity index (χ3n) is 1.38. The fraction of sp³-hybridized carbons (Fsp3) is 0.375. The first kappa shape index (κ1) is 11.9. The molecule has 0 saturated heterocycles. The Kier molecular flexibility index (Phi) is 5.52. The van der Waals surface area contributed by atoms with E-state index in [0.717, 1.165) is 5.82 Å². The topological polar surface area (TPSA) is 103 Å². The molecule has 1 heterocycles. The Morgan fingerprint density at radius 3 is 2.29 bits per heavy atom. The molecule has 6 nitrogen and oxygen atoms in total. The summed E-state index contributed by atoms with van der Waals surface area (Å²) >= 11 is 0. The quantitative estimate of drug-likeness (QED) is 0.480. The molecule has 0 fully saturated rings. The predicted molar refractivity (Wildman–Crippen MR) is 50.2 cm³/mol. The van der Waals surface area contributed by atoms with Gasteiger partial charge in [-0.25, -0.2) is 10.3 Å². The lowest BCUT2D eigenvalue weighted by atomic mass is 10.3. The van der Waals surface area contributed by atoms with Crippen molar-refractivity contribution < 1.29 is 0 Å². The molecule has 1 rings (SSSR count). The summed E-state index contributed by atoms with van der Waals surface area (Å²) in [5.41, 5.74) is 5.58. The lowest BCUT2D eigenvalue weighted by molar-refractivity contribution is 0.686. The third-order valence-corrected chi connectivity index (χ3v) is 1.38. The van der Waals surface area contributed by atoms with Crippen molar-refractivity contribution in [2.45, 2.75) is 13.0 Å². The highest BCUT2D eigenvalue weighted by Gasteiger charge is 2.01. The first-order valence-corrected chi connectivity index (χ1v) is 3.89. The zero-order valence-corrected chi connectivity index (χ0v) is 8.10. The van der Waals surface area contributed by atoms with E-state index < -0.39 is 0 Å². The van der Waals surface area contributed by atoms with E-state index in [4.69, 9.17) is 16.3 Å². The Balaban J connectivity index is 0.000000292. The Bertz CT molecular complexity index is 327. The molecular weight excluding hydrogens is 180 g/mol. The molecule has 1 atom stereocenters. The van der Waals surface area contributed by atoms with E-state index in [9.17, 15) is 0 Å². The lowest BCUT2D eigenvalue weighted by Gasteiger charge is -2.02. The Labute approximate surface area is 82.6 Å². The van der Waals surface area contributed by atoms with Gasteiger partial charge in [0.05, 0.1) is 6.04 Å². The van der Waals surface area contributed by atoms with E-state index in [1.807, 2.05) is 24.7 Å². The monoisotopic (exact) mass is 192 g/mol. The summed E-state index contributed by atoms with van der Waals surface area (Å²) < 4.78 is 1.92. The number of nitrogens with two attached hydrogens (primary N) is 1. The van der Waals surface area contributed by atoms with E-state index in [-0.39, 0.29) is 6.04 Å². The van der Waals surface area contributed by atoms with Crippen LogP contribution >= 0.6 is 0 Å². The number of imidazole rings is 1. The first-order chi connectivity index (χ1) is 6.63. The van der Waals surface area contributed by atoms with Crippen molar-refractivity contribution in [3.8, 4) is 12.4 Å². The zero-order chi connectivity index (χ0) is 11.0. The third kappa shape index (κ3) is 4.10. The van der Waals surface area contributed by atoms with E-state index in [0.29, 0.717) is 0 Å². The van der Waals surface area contributed by atoms with E-state index >= 15 is 0 Å². The van der Waals surface area contributed by atoms with Crippen LogP contribution in [0.1, 0.15) is 18.8 Å². The normalized spacial score (nSPS) is 10.1. The molecule has 3 N–H and O–H groups in total. The van der Waals surface area contributed by atoms with Crippen LogP contribution < -0.4 is 11.1 Å². The number of aromatic nitrogens is 2. The van der Waals surface area contributed by atoms with Crippen LogP contribution in [0.2, 0.25) is 0 Å². The molecule has 14 heavy (non-hydrogen) atoms. The largest absolute Gasteiger partial charge is 0.337 e. The minimum atomic E-state index is 0.0324. The molecule has 0 saturated carbocycles. The van der Waals surface area contributed by atoms with Crippen LogP contribution in [0.15, 0.2) is 12.4 Å². The SMILES string of the molecule is CC(N)c1nccn1C.N#CNC#N. The molecule has 0 bridgehead atoms. The smallest absolute Gasteiger partial charge is 0.190 e. The van der Waals surface area contributed by atoms with Crippen LogP contribution in [0.5, 0.6) is 0 Å².